The zero-order valence-electron chi connectivity index (χ0n) is 11.3. The lowest BCUT2D eigenvalue weighted by molar-refractivity contribution is -0.141. The summed E-state index contributed by atoms with van der Waals surface area (Å²) < 4.78 is 0. The summed E-state index contributed by atoms with van der Waals surface area (Å²) in [5.74, 6) is -1.69. The van der Waals surface area contributed by atoms with Gasteiger partial charge in [-0.05, 0) is 31.5 Å². The highest BCUT2D eigenvalue weighted by Gasteiger charge is 2.21. The van der Waals surface area contributed by atoms with Gasteiger partial charge < -0.3 is 10.0 Å². The molecule has 1 aromatic carbocycles. The predicted octanol–water partition coefficient (Wildman–Crippen LogP) is 2.83. The molecule has 0 aliphatic heterocycles. The summed E-state index contributed by atoms with van der Waals surface area (Å²) in [5.41, 5.74) is 1.24. The third kappa shape index (κ3) is 3.70. The van der Waals surface area contributed by atoms with Crippen LogP contribution in [-0.2, 0) is 4.79 Å². The van der Waals surface area contributed by atoms with Gasteiger partial charge in [0.05, 0.1) is 5.92 Å². The van der Waals surface area contributed by atoms with E-state index in [9.17, 15) is 9.59 Å². The second-order valence-corrected chi connectivity index (χ2v) is 4.90. The van der Waals surface area contributed by atoms with Crippen molar-refractivity contribution < 1.29 is 14.7 Å². The van der Waals surface area contributed by atoms with Crippen molar-refractivity contribution in [3.05, 3.63) is 34.3 Å². The number of aliphatic carboxylic acids is 1. The molecule has 0 heterocycles. The first-order valence-corrected chi connectivity index (χ1v) is 6.53. The molecule has 1 N–H and O–H groups in total. The number of carboxylic acids is 1. The van der Waals surface area contributed by atoms with E-state index >= 15 is 0 Å². The molecule has 104 valence electrons. The molecule has 0 aromatic heterocycles. The quantitative estimate of drug-likeness (QED) is 0.904. The van der Waals surface area contributed by atoms with Crippen molar-refractivity contribution in [2.45, 2.75) is 20.8 Å². The Labute approximate surface area is 118 Å². The minimum absolute atomic E-state index is 0.185. The van der Waals surface area contributed by atoms with E-state index in [0.29, 0.717) is 17.1 Å². The lowest BCUT2D eigenvalue weighted by Gasteiger charge is -2.23. The maximum Gasteiger partial charge on any atom is 0.308 e. The van der Waals surface area contributed by atoms with Crippen LogP contribution in [0.2, 0.25) is 5.02 Å². The molecule has 19 heavy (non-hydrogen) atoms. The smallest absolute Gasteiger partial charge is 0.308 e. The Kier molecular flexibility index (Phi) is 5.36. The highest BCUT2D eigenvalue weighted by Crippen LogP contribution is 2.20. The number of nitrogens with zero attached hydrogens (tertiary/aromatic N) is 1. The van der Waals surface area contributed by atoms with Crippen molar-refractivity contribution in [2.24, 2.45) is 5.92 Å². The number of hydrogen-bond donors (Lipinski definition) is 1. The van der Waals surface area contributed by atoms with E-state index < -0.39 is 11.9 Å². The molecule has 0 spiro atoms. The number of carbonyl (C=O) groups excluding carboxylic acids is 1. The number of benzene rings is 1. The molecule has 0 aliphatic rings. The van der Waals surface area contributed by atoms with Gasteiger partial charge in [-0.15, -0.1) is 0 Å². The van der Waals surface area contributed by atoms with Crippen molar-refractivity contribution in [2.75, 3.05) is 13.1 Å². The van der Waals surface area contributed by atoms with E-state index in [1.807, 2.05) is 6.92 Å². The minimum atomic E-state index is -0.908. The Hall–Kier alpha value is -1.55. The van der Waals surface area contributed by atoms with Crippen LogP contribution in [0.3, 0.4) is 0 Å². The zero-order chi connectivity index (χ0) is 14.6. The molecule has 0 radical (unpaired) electrons. The Morgan fingerprint density at radius 3 is 2.58 bits per heavy atom. The van der Waals surface area contributed by atoms with Crippen molar-refractivity contribution in [3.63, 3.8) is 0 Å². The fraction of sp³-hybridized carbons (Fsp3) is 0.429. The summed E-state index contributed by atoms with van der Waals surface area (Å²) >= 11 is 6.00. The lowest BCUT2D eigenvalue weighted by atomic mass is 10.1. The van der Waals surface area contributed by atoms with Gasteiger partial charge >= 0.3 is 5.97 Å². The van der Waals surface area contributed by atoms with Crippen LogP contribution in [0.25, 0.3) is 0 Å². The number of halogens is 1. The first kappa shape index (κ1) is 15.5. The predicted molar refractivity (Wildman–Crippen MR) is 74.6 cm³/mol. The van der Waals surface area contributed by atoms with Crippen molar-refractivity contribution in [3.8, 4) is 0 Å². The SMILES string of the molecule is CCN(CC(C)C(=O)O)C(=O)c1cccc(Cl)c1C. The molecule has 0 saturated heterocycles. The number of carbonyl (C=O) groups is 2. The topological polar surface area (TPSA) is 57.6 Å². The molecular weight excluding hydrogens is 266 g/mol. The van der Waals surface area contributed by atoms with Gasteiger partial charge in [0.15, 0.2) is 0 Å². The second kappa shape index (κ2) is 6.57. The Morgan fingerprint density at radius 1 is 1.42 bits per heavy atom. The third-order valence-corrected chi connectivity index (χ3v) is 3.49. The summed E-state index contributed by atoms with van der Waals surface area (Å²) in [6.45, 7) is 5.85. The molecule has 1 amide bonds. The average Bonchev–Trinajstić information content (AvgIpc) is 2.38. The van der Waals surface area contributed by atoms with Crippen LogP contribution >= 0.6 is 11.6 Å². The molecule has 0 saturated carbocycles. The molecule has 4 nitrogen and oxygen atoms in total. The third-order valence-electron chi connectivity index (χ3n) is 3.08. The van der Waals surface area contributed by atoms with E-state index in [4.69, 9.17) is 16.7 Å². The average molecular weight is 284 g/mol. The fourth-order valence-corrected chi connectivity index (χ4v) is 1.95. The number of hydrogen-bond acceptors (Lipinski definition) is 2. The van der Waals surface area contributed by atoms with E-state index in [1.54, 1.807) is 32.0 Å². The van der Waals surface area contributed by atoms with Crippen LogP contribution in [0.5, 0.6) is 0 Å². The molecule has 1 rings (SSSR count). The van der Waals surface area contributed by atoms with Crippen molar-refractivity contribution in [1.82, 2.24) is 4.90 Å². The standard InChI is InChI=1S/C14H18ClNO3/c1-4-16(8-9(2)14(18)19)13(17)11-6-5-7-12(15)10(11)3/h5-7,9H,4,8H2,1-3H3,(H,18,19). The molecule has 0 fully saturated rings. The summed E-state index contributed by atoms with van der Waals surface area (Å²) in [4.78, 5) is 24.8. The van der Waals surface area contributed by atoms with Gasteiger partial charge in [0, 0.05) is 23.7 Å². The van der Waals surface area contributed by atoms with E-state index in [0.717, 1.165) is 5.56 Å². The van der Waals surface area contributed by atoms with Gasteiger partial charge in [0.2, 0.25) is 0 Å². The van der Waals surface area contributed by atoms with Crippen LogP contribution in [0.4, 0.5) is 0 Å². The van der Waals surface area contributed by atoms with Gasteiger partial charge in [-0.1, -0.05) is 24.6 Å². The van der Waals surface area contributed by atoms with Crippen LogP contribution in [0.15, 0.2) is 18.2 Å². The fourth-order valence-electron chi connectivity index (χ4n) is 1.77. The van der Waals surface area contributed by atoms with Crippen molar-refractivity contribution >= 4 is 23.5 Å². The van der Waals surface area contributed by atoms with Gasteiger partial charge in [0.1, 0.15) is 0 Å². The molecule has 0 aliphatic carbocycles. The largest absolute Gasteiger partial charge is 0.481 e. The first-order valence-electron chi connectivity index (χ1n) is 6.15. The van der Waals surface area contributed by atoms with Gasteiger partial charge in [0.25, 0.3) is 5.91 Å². The van der Waals surface area contributed by atoms with Gasteiger partial charge in [-0.25, -0.2) is 0 Å². The van der Waals surface area contributed by atoms with Gasteiger partial charge in [-0.2, -0.15) is 0 Å². The highest BCUT2D eigenvalue weighted by atomic mass is 35.5. The molecule has 1 aromatic rings. The number of rotatable bonds is 5. The first-order chi connectivity index (χ1) is 8.88. The summed E-state index contributed by atoms with van der Waals surface area (Å²) in [6.07, 6.45) is 0. The number of amides is 1. The Bertz CT molecular complexity index is 488. The minimum Gasteiger partial charge on any atom is -0.481 e. The lowest BCUT2D eigenvalue weighted by Crippen LogP contribution is -2.37. The van der Waals surface area contributed by atoms with Crippen LogP contribution in [-0.4, -0.2) is 35.0 Å². The molecule has 5 heteroatoms. The van der Waals surface area contributed by atoms with Crippen LogP contribution in [0.1, 0.15) is 29.8 Å². The van der Waals surface area contributed by atoms with Crippen LogP contribution < -0.4 is 0 Å². The Morgan fingerprint density at radius 2 is 2.05 bits per heavy atom. The zero-order valence-corrected chi connectivity index (χ0v) is 12.1. The van der Waals surface area contributed by atoms with E-state index in [1.165, 1.54) is 4.90 Å². The maximum absolute atomic E-state index is 12.4. The van der Waals surface area contributed by atoms with Gasteiger partial charge in [-0.3, -0.25) is 9.59 Å². The molecular formula is C14H18ClNO3. The van der Waals surface area contributed by atoms with Crippen LogP contribution in [0, 0.1) is 12.8 Å². The summed E-state index contributed by atoms with van der Waals surface area (Å²) in [6, 6.07) is 5.15. The molecule has 0 bridgehead atoms. The molecule has 1 unspecified atom stereocenters. The van der Waals surface area contributed by atoms with E-state index in [-0.39, 0.29) is 12.5 Å². The molecule has 1 atom stereocenters. The normalized spacial score (nSPS) is 12.0. The monoisotopic (exact) mass is 283 g/mol. The summed E-state index contributed by atoms with van der Waals surface area (Å²) in [7, 11) is 0. The maximum atomic E-state index is 12.4. The number of carboxylic acid groups (broad SMARTS) is 1. The highest BCUT2D eigenvalue weighted by molar-refractivity contribution is 6.31. The second-order valence-electron chi connectivity index (χ2n) is 4.50. The Balaban J connectivity index is 2.96. The van der Waals surface area contributed by atoms with E-state index in [2.05, 4.69) is 0 Å². The van der Waals surface area contributed by atoms with Crippen molar-refractivity contribution in [1.29, 1.82) is 0 Å². The summed E-state index contributed by atoms with van der Waals surface area (Å²) in [5, 5.41) is 9.45.